The topological polar surface area (TPSA) is 55.8 Å². The number of hydrogen-bond acceptors (Lipinski definition) is 5. The fourth-order valence-corrected chi connectivity index (χ4v) is 2.39. The van der Waals surface area contributed by atoms with Crippen molar-refractivity contribution in [2.75, 3.05) is 25.4 Å². The first-order valence-electron chi connectivity index (χ1n) is 5.84. The van der Waals surface area contributed by atoms with Gasteiger partial charge < -0.3 is 19.4 Å². The molecule has 0 spiro atoms. The van der Waals surface area contributed by atoms with Crippen LogP contribution in [0.3, 0.4) is 0 Å². The first kappa shape index (κ1) is 16.9. The number of carbonyl (C=O) groups is 1. The third-order valence-corrected chi connectivity index (χ3v) is 3.24. The van der Waals surface area contributed by atoms with Gasteiger partial charge in [-0.15, -0.1) is 0 Å². The number of carbonyl (C=O) groups excluding carboxylic acids is 1. The molecule has 0 saturated carbocycles. The maximum Gasteiger partial charge on any atom is 0.143 e. The second kappa shape index (κ2) is 9.88. The number of hydrogen-bond donors (Lipinski definition) is 1. The zero-order chi connectivity index (χ0) is 13.1. The van der Waals surface area contributed by atoms with Gasteiger partial charge in [-0.2, -0.15) is 11.8 Å². The maximum atomic E-state index is 10.4. The molecule has 0 aromatic carbocycles. The van der Waals surface area contributed by atoms with Crippen LogP contribution in [0.1, 0.15) is 33.1 Å². The standard InChI is InChI=1S/C12H24O4S/c1-12(2,9-17-3)16-11(5-4-7-13)6-8-15-10-14/h7,11,14H,4-6,8-10H2,1-3H3. The van der Waals surface area contributed by atoms with Gasteiger partial charge in [0, 0.05) is 12.2 Å². The van der Waals surface area contributed by atoms with E-state index in [9.17, 15) is 4.79 Å². The number of ether oxygens (including phenoxy) is 2. The summed E-state index contributed by atoms with van der Waals surface area (Å²) in [7, 11) is 0. The minimum Gasteiger partial charge on any atom is -0.371 e. The average molecular weight is 264 g/mol. The minimum absolute atomic E-state index is 0.00824. The lowest BCUT2D eigenvalue weighted by Gasteiger charge is -2.30. The fraction of sp³-hybridized carbons (Fsp3) is 0.917. The molecule has 0 aromatic heterocycles. The summed E-state index contributed by atoms with van der Waals surface area (Å²) in [6.07, 6.45) is 4.86. The summed E-state index contributed by atoms with van der Waals surface area (Å²) < 4.78 is 10.9. The summed E-state index contributed by atoms with van der Waals surface area (Å²) in [5.74, 6) is 0.908. The van der Waals surface area contributed by atoms with Crippen LogP contribution >= 0.6 is 11.8 Å². The first-order valence-corrected chi connectivity index (χ1v) is 7.24. The highest BCUT2D eigenvalue weighted by atomic mass is 32.2. The molecule has 102 valence electrons. The molecule has 0 aliphatic rings. The van der Waals surface area contributed by atoms with Crippen molar-refractivity contribution in [2.45, 2.75) is 44.8 Å². The minimum atomic E-state index is -0.269. The molecular formula is C12H24O4S. The van der Waals surface area contributed by atoms with Gasteiger partial charge in [0.15, 0.2) is 0 Å². The van der Waals surface area contributed by atoms with Crippen LogP contribution in [0, 0.1) is 0 Å². The van der Waals surface area contributed by atoms with E-state index in [1.807, 2.05) is 20.1 Å². The number of aldehydes is 1. The van der Waals surface area contributed by atoms with E-state index < -0.39 is 0 Å². The second-order valence-corrected chi connectivity index (χ2v) is 5.37. The molecule has 5 heteroatoms. The zero-order valence-corrected chi connectivity index (χ0v) is 11.8. The van der Waals surface area contributed by atoms with E-state index in [0.29, 0.717) is 25.9 Å². The zero-order valence-electron chi connectivity index (χ0n) is 11.0. The molecule has 1 N–H and O–H groups in total. The van der Waals surface area contributed by atoms with Gasteiger partial charge in [0.1, 0.15) is 13.1 Å². The van der Waals surface area contributed by atoms with Gasteiger partial charge >= 0.3 is 0 Å². The van der Waals surface area contributed by atoms with Gasteiger partial charge in [-0.05, 0) is 32.9 Å². The largest absolute Gasteiger partial charge is 0.371 e. The van der Waals surface area contributed by atoms with E-state index in [1.54, 1.807) is 11.8 Å². The molecule has 0 amide bonds. The highest BCUT2D eigenvalue weighted by Crippen LogP contribution is 2.21. The third kappa shape index (κ3) is 9.59. The summed E-state index contributed by atoms with van der Waals surface area (Å²) >= 11 is 1.74. The lowest BCUT2D eigenvalue weighted by atomic mass is 10.1. The summed E-state index contributed by atoms with van der Waals surface area (Å²) in [5, 5.41) is 8.55. The molecule has 0 aliphatic heterocycles. The average Bonchev–Trinajstić information content (AvgIpc) is 2.25. The SMILES string of the molecule is CSCC(C)(C)OC(CCC=O)CCOCO. The van der Waals surface area contributed by atoms with Crippen LogP contribution in [-0.4, -0.2) is 48.5 Å². The van der Waals surface area contributed by atoms with Gasteiger partial charge in [0.05, 0.1) is 18.3 Å². The smallest absolute Gasteiger partial charge is 0.143 e. The van der Waals surface area contributed by atoms with Crippen molar-refractivity contribution in [3.05, 3.63) is 0 Å². The van der Waals surface area contributed by atoms with Crippen LogP contribution in [0.25, 0.3) is 0 Å². The van der Waals surface area contributed by atoms with Crippen molar-refractivity contribution in [2.24, 2.45) is 0 Å². The van der Waals surface area contributed by atoms with Crippen LogP contribution < -0.4 is 0 Å². The summed E-state index contributed by atoms with van der Waals surface area (Å²) in [6.45, 7) is 4.28. The van der Waals surface area contributed by atoms with Crippen LogP contribution in [0.5, 0.6) is 0 Å². The lowest BCUT2D eigenvalue weighted by Crippen LogP contribution is -2.33. The molecular weight excluding hydrogens is 240 g/mol. The highest BCUT2D eigenvalue weighted by Gasteiger charge is 2.22. The van der Waals surface area contributed by atoms with E-state index in [2.05, 4.69) is 0 Å². The quantitative estimate of drug-likeness (QED) is 0.351. The Balaban J connectivity index is 4.10. The Morgan fingerprint density at radius 2 is 2.12 bits per heavy atom. The number of aliphatic hydroxyl groups is 1. The molecule has 0 aromatic rings. The molecule has 0 rings (SSSR count). The van der Waals surface area contributed by atoms with Gasteiger partial charge in [-0.3, -0.25) is 0 Å². The highest BCUT2D eigenvalue weighted by molar-refractivity contribution is 7.98. The molecule has 0 radical (unpaired) electrons. The van der Waals surface area contributed by atoms with Crippen molar-refractivity contribution >= 4 is 18.0 Å². The molecule has 0 aliphatic carbocycles. The molecule has 17 heavy (non-hydrogen) atoms. The van der Waals surface area contributed by atoms with Crippen molar-refractivity contribution < 1.29 is 19.4 Å². The van der Waals surface area contributed by atoms with Crippen molar-refractivity contribution in [1.29, 1.82) is 0 Å². The van der Waals surface area contributed by atoms with Crippen LogP contribution in [0.2, 0.25) is 0 Å². The van der Waals surface area contributed by atoms with E-state index in [-0.39, 0.29) is 18.5 Å². The van der Waals surface area contributed by atoms with Gasteiger partial charge in [-0.1, -0.05) is 0 Å². The summed E-state index contributed by atoms with van der Waals surface area (Å²) in [5.41, 5.74) is -0.202. The van der Waals surface area contributed by atoms with Crippen LogP contribution in [0.15, 0.2) is 0 Å². The molecule has 4 nitrogen and oxygen atoms in total. The number of thioether (sulfide) groups is 1. The Hall–Kier alpha value is -0.100. The van der Waals surface area contributed by atoms with E-state index in [0.717, 1.165) is 12.0 Å². The Morgan fingerprint density at radius 1 is 1.41 bits per heavy atom. The Labute approximate surface area is 108 Å². The van der Waals surface area contributed by atoms with Crippen molar-refractivity contribution in [1.82, 2.24) is 0 Å². The number of aliphatic hydroxyl groups excluding tert-OH is 1. The first-order chi connectivity index (χ1) is 8.05. The Morgan fingerprint density at radius 3 is 2.65 bits per heavy atom. The van der Waals surface area contributed by atoms with Crippen LogP contribution in [0.4, 0.5) is 0 Å². The predicted octanol–water partition coefficient (Wildman–Crippen LogP) is 1.85. The summed E-state index contributed by atoms with van der Waals surface area (Å²) in [6, 6.07) is 0. The molecule has 0 saturated heterocycles. The Bertz CT molecular complexity index is 197. The normalized spacial score (nSPS) is 13.6. The molecule has 0 heterocycles. The van der Waals surface area contributed by atoms with Crippen molar-refractivity contribution in [3.63, 3.8) is 0 Å². The van der Waals surface area contributed by atoms with Crippen molar-refractivity contribution in [3.8, 4) is 0 Å². The maximum absolute atomic E-state index is 10.4. The van der Waals surface area contributed by atoms with E-state index in [1.165, 1.54) is 0 Å². The summed E-state index contributed by atoms with van der Waals surface area (Å²) in [4.78, 5) is 10.4. The molecule has 1 atom stereocenters. The molecule has 1 unspecified atom stereocenters. The Kier molecular flexibility index (Phi) is 9.82. The van der Waals surface area contributed by atoms with Gasteiger partial charge in [-0.25, -0.2) is 0 Å². The lowest BCUT2D eigenvalue weighted by molar-refractivity contribution is -0.111. The van der Waals surface area contributed by atoms with E-state index >= 15 is 0 Å². The monoisotopic (exact) mass is 264 g/mol. The molecule has 0 fully saturated rings. The molecule has 0 bridgehead atoms. The van der Waals surface area contributed by atoms with Gasteiger partial charge in [0.25, 0.3) is 0 Å². The van der Waals surface area contributed by atoms with Crippen LogP contribution in [-0.2, 0) is 14.3 Å². The predicted molar refractivity (Wildman–Crippen MR) is 70.3 cm³/mol. The van der Waals surface area contributed by atoms with E-state index in [4.69, 9.17) is 14.6 Å². The van der Waals surface area contributed by atoms with Gasteiger partial charge in [0.2, 0.25) is 0 Å². The second-order valence-electron chi connectivity index (χ2n) is 4.50. The fourth-order valence-electron chi connectivity index (χ4n) is 1.63. The number of rotatable bonds is 11. The third-order valence-electron chi connectivity index (χ3n) is 2.26.